The van der Waals surface area contributed by atoms with E-state index < -0.39 is 70.5 Å². The fraction of sp³-hybridized carbons (Fsp3) is 0.850. The van der Waals surface area contributed by atoms with Crippen LogP contribution in [0, 0.1) is 22.7 Å². The number of hydrogen-bond donors (Lipinski definition) is 6. The molecule has 0 radical (unpaired) electrons. The number of hydrogen-bond acceptors (Lipinski definition) is 9. The first-order chi connectivity index (χ1) is 13.4. The van der Waals surface area contributed by atoms with Crippen LogP contribution < -0.4 is 0 Å². The molecule has 2 heterocycles. The number of carbonyl (C=O) groups is 1. The maximum Gasteiger partial charge on any atom is 0.338 e. The molecule has 162 valence electrons. The van der Waals surface area contributed by atoms with Crippen molar-refractivity contribution >= 4 is 5.97 Å². The number of fused-ring (bicyclic) bond motifs is 2. The van der Waals surface area contributed by atoms with Gasteiger partial charge in [0.15, 0.2) is 6.10 Å². The quantitative estimate of drug-likeness (QED) is 0.193. The predicted octanol–water partition coefficient (Wildman–Crippen LogP) is -2.16. The molecule has 29 heavy (non-hydrogen) atoms. The average Bonchev–Trinajstić information content (AvgIpc) is 2.85. The second-order valence-electron chi connectivity index (χ2n) is 9.94. The molecule has 0 aromatic carbocycles. The van der Waals surface area contributed by atoms with Crippen LogP contribution in [0.3, 0.4) is 0 Å². The van der Waals surface area contributed by atoms with Crippen LogP contribution in [0.15, 0.2) is 11.6 Å². The Morgan fingerprint density at radius 2 is 1.76 bits per heavy atom. The van der Waals surface area contributed by atoms with Gasteiger partial charge in [-0.2, -0.15) is 0 Å². The molecule has 12 atom stereocenters. The molecular weight excluding hydrogens is 384 g/mol. The third kappa shape index (κ3) is 1.75. The van der Waals surface area contributed by atoms with E-state index in [1.54, 1.807) is 19.9 Å². The van der Waals surface area contributed by atoms with E-state index in [1.807, 2.05) is 0 Å². The van der Waals surface area contributed by atoms with Crippen LogP contribution in [0.25, 0.3) is 0 Å². The second kappa shape index (κ2) is 5.40. The SMILES string of the molecule is CC1=C[C@H](O)[C@@H](O)[C@@]2(C)C1CC1OC(=O)[C@H](O)[C@]3(O)[C@]14CO[C@]3(C)[C@@H](O)[C@H](O)C24. The topological polar surface area (TPSA) is 157 Å². The average molecular weight is 412 g/mol. The van der Waals surface area contributed by atoms with E-state index in [9.17, 15) is 35.4 Å². The predicted molar refractivity (Wildman–Crippen MR) is 95.1 cm³/mol. The van der Waals surface area contributed by atoms with E-state index in [0.29, 0.717) is 0 Å². The first-order valence-electron chi connectivity index (χ1n) is 10.0. The number of esters is 1. The van der Waals surface area contributed by atoms with Gasteiger partial charge in [-0.25, -0.2) is 4.79 Å². The van der Waals surface area contributed by atoms with Gasteiger partial charge in [-0.3, -0.25) is 0 Å². The molecule has 9 nitrogen and oxygen atoms in total. The number of rotatable bonds is 0. The number of carbonyl (C=O) groups excluding carboxylic acids is 1. The minimum absolute atomic E-state index is 0.179. The van der Waals surface area contributed by atoms with E-state index in [4.69, 9.17) is 9.47 Å². The molecule has 5 aliphatic rings. The lowest BCUT2D eigenvalue weighted by Gasteiger charge is -2.70. The van der Waals surface area contributed by atoms with Crippen molar-refractivity contribution in [1.82, 2.24) is 0 Å². The number of ether oxygens (including phenoxy) is 2. The summed E-state index contributed by atoms with van der Waals surface area (Å²) in [6.45, 7) is 4.69. The van der Waals surface area contributed by atoms with Crippen molar-refractivity contribution in [3.05, 3.63) is 11.6 Å². The van der Waals surface area contributed by atoms with Crippen molar-refractivity contribution in [3.8, 4) is 0 Å². The van der Waals surface area contributed by atoms with Gasteiger partial charge in [-0.15, -0.1) is 0 Å². The van der Waals surface area contributed by atoms with Crippen LogP contribution in [0.1, 0.15) is 27.2 Å². The standard InChI is InChI=1S/C20H28O9/c1-7-4-9(21)13(23)17(2)8(7)5-10-19-6-28-18(3,14(24)11(22)12(17)19)20(19,27)15(25)16(26)29-10/h4,8-15,21-25,27H,5-6H2,1-3H3/t8?,9-,10?,11+,12?,13+,14-,15-,17-,18+,19+,20+/m0/s1. The number of aliphatic hydroxyl groups excluding tert-OH is 5. The molecule has 0 aromatic heterocycles. The summed E-state index contributed by atoms with van der Waals surface area (Å²) in [5.74, 6) is -2.42. The Morgan fingerprint density at radius 1 is 1.10 bits per heavy atom. The lowest BCUT2D eigenvalue weighted by atomic mass is 9.36. The van der Waals surface area contributed by atoms with Crippen molar-refractivity contribution in [3.63, 3.8) is 0 Å². The highest BCUT2D eigenvalue weighted by molar-refractivity contribution is 5.79. The molecule has 6 N–H and O–H groups in total. The zero-order valence-corrected chi connectivity index (χ0v) is 16.5. The maximum atomic E-state index is 12.5. The third-order valence-corrected chi connectivity index (χ3v) is 9.13. The highest BCUT2D eigenvalue weighted by Gasteiger charge is 2.88. The Bertz CT molecular complexity index is 814. The first-order valence-corrected chi connectivity index (χ1v) is 10.0. The Hall–Kier alpha value is -1.07. The lowest BCUT2D eigenvalue weighted by molar-refractivity contribution is -0.355. The zero-order chi connectivity index (χ0) is 21.3. The fourth-order valence-electron chi connectivity index (χ4n) is 7.72. The number of allylic oxidation sites excluding steroid dienone is 1. The van der Waals surface area contributed by atoms with Crippen molar-refractivity contribution in [2.75, 3.05) is 6.61 Å². The van der Waals surface area contributed by atoms with Crippen molar-refractivity contribution in [2.45, 2.75) is 75.0 Å². The number of aliphatic hydroxyl groups is 6. The maximum absolute atomic E-state index is 12.5. The third-order valence-electron chi connectivity index (χ3n) is 9.13. The van der Waals surface area contributed by atoms with Crippen LogP contribution in [0.4, 0.5) is 0 Å². The van der Waals surface area contributed by atoms with Crippen molar-refractivity contribution in [1.29, 1.82) is 0 Å². The van der Waals surface area contributed by atoms with Crippen LogP contribution in [0.2, 0.25) is 0 Å². The minimum atomic E-state index is -2.24. The van der Waals surface area contributed by atoms with Crippen LogP contribution in [-0.2, 0) is 14.3 Å². The Morgan fingerprint density at radius 3 is 2.41 bits per heavy atom. The lowest BCUT2D eigenvalue weighted by Crippen LogP contribution is -2.86. The van der Waals surface area contributed by atoms with Crippen molar-refractivity contribution in [2.24, 2.45) is 22.7 Å². The summed E-state index contributed by atoms with van der Waals surface area (Å²) in [5, 5.41) is 66.5. The van der Waals surface area contributed by atoms with E-state index in [1.165, 1.54) is 6.92 Å². The minimum Gasteiger partial charge on any atom is -0.460 e. The monoisotopic (exact) mass is 412 g/mol. The molecule has 2 saturated carbocycles. The molecule has 3 unspecified atom stereocenters. The van der Waals surface area contributed by atoms with Crippen LogP contribution >= 0.6 is 0 Å². The summed E-state index contributed by atoms with van der Waals surface area (Å²) in [7, 11) is 0. The zero-order valence-electron chi connectivity index (χ0n) is 16.5. The van der Waals surface area contributed by atoms with Gasteiger partial charge < -0.3 is 40.1 Å². The molecule has 1 spiro atoms. The highest BCUT2D eigenvalue weighted by atomic mass is 16.6. The Kier molecular flexibility index (Phi) is 3.70. The molecule has 3 aliphatic carbocycles. The molecule has 0 aromatic rings. The van der Waals surface area contributed by atoms with E-state index >= 15 is 0 Å². The van der Waals surface area contributed by atoms with Gasteiger partial charge in [-0.1, -0.05) is 18.6 Å². The van der Waals surface area contributed by atoms with E-state index in [-0.39, 0.29) is 18.9 Å². The smallest absolute Gasteiger partial charge is 0.338 e. The summed E-state index contributed by atoms with van der Waals surface area (Å²) in [4.78, 5) is 12.5. The van der Waals surface area contributed by atoms with Gasteiger partial charge in [-0.05, 0) is 26.2 Å². The van der Waals surface area contributed by atoms with Gasteiger partial charge in [0.2, 0.25) is 0 Å². The molecule has 9 heteroatoms. The van der Waals surface area contributed by atoms with E-state index in [2.05, 4.69) is 0 Å². The summed E-state index contributed by atoms with van der Waals surface area (Å²) >= 11 is 0. The van der Waals surface area contributed by atoms with Gasteiger partial charge in [0.25, 0.3) is 0 Å². The molecule has 4 fully saturated rings. The van der Waals surface area contributed by atoms with E-state index in [0.717, 1.165) is 5.57 Å². The first kappa shape index (κ1) is 19.9. The van der Waals surface area contributed by atoms with Crippen LogP contribution in [0.5, 0.6) is 0 Å². The van der Waals surface area contributed by atoms with Gasteiger partial charge in [0, 0.05) is 11.3 Å². The van der Waals surface area contributed by atoms with Gasteiger partial charge >= 0.3 is 5.97 Å². The molecule has 2 saturated heterocycles. The molecule has 0 amide bonds. The Labute approximate surface area is 167 Å². The molecular formula is C20H28O9. The van der Waals surface area contributed by atoms with Crippen LogP contribution in [-0.4, -0.2) is 91.0 Å². The summed E-state index contributed by atoms with van der Waals surface area (Å²) in [5.41, 5.74) is -5.93. The molecule has 5 rings (SSSR count). The highest BCUT2D eigenvalue weighted by Crippen LogP contribution is 2.73. The fourth-order valence-corrected chi connectivity index (χ4v) is 7.72. The molecule has 2 aliphatic heterocycles. The van der Waals surface area contributed by atoms with Crippen molar-refractivity contribution < 1.29 is 44.9 Å². The summed E-state index contributed by atoms with van der Waals surface area (Å²) in [6, 6.07) is 0. The molecule has 2 bridgehead atoms. The van der Waals surface area contributed by atoms with Gasteiger partial charge in [0.05, 0.1) is 30.3 Å². The largest absolute Gasteiger partial charge is 0.460 e. The summed E-state index contributed by atoms with van der Waals surface area (Å²) in [6.07, 6.45) is -6.71. The second-order valence-corrected chi connectivity index (χ2v) is 9.94. The Balaban J connectivity index is 1.82. The normalized spacial score (nSPS) is 63.3. The summed E-state index contributed by atoms with van der Waals surface area (Å²) < 4.78 is 11.4. The van der Waals surface area contributed by atoms with Gasteiger partial charge in [0.1, 0.15) is 23.4 Å².